The normalized spacial score (nSPS) is 48.0. The van der Waals surface area contributed by atoms with E-state index in [0.29, 0.717) is 142 Å². The van der Waals surface area contributed by atoms with E-state index in [4.69, 9.17) is 28.4 Å². The summed E-state index contributed by atoms with van der Waals surface area (Å²) in [7, 11) is 0. The summed E-state index contributed by atoms with van der Waals surface area (Å²) in [5.41, 5.74) is 0.866. The van der Waals surface area contributed by atoms with Crippen molar-refractivity contribution in [2.45, 2.75) is 480 Å². The third kappa shape index (κ3) is 21.7. The van der Waals surface area contributed by atoms with Gasteiger partial charge in [-0.1, -0.05) is 122 Å². The van der Waals surface area contributed by atoms with E-state index in [0.717, 1.165) is 218 Å². The van der Waals surface area contributed by atoms with Crippen LogP contribution in [0.2, 0.25) is 0 Å². The van der Waals surface area contributed by atoms with Crippen molar-refractivity contribution in [1.29, 1.82) is 0 Å². The molecule has 0 aliphatic heterocycles. The lowest BCUT2D eigenvalue weighted by Crippen LogP contribution is -2.59. The van der Waals surface area contributed by atoms with Gasteiger partial charge in [0, 0.05) is 114 Å². The van der Waals surface area contributed by atoms with Crippen LogP contribution in [0.5, 0.6) is 0 Å². The molecule has 4 N–H and O–H groups in total. The van der Waals surface area contributed by atoms with Gasteiger partial charge in [0.25, 0.3) is 0 Å². The standard InChI is InChI=1S/C25H38O6.C23H35BrO4.2C23H36O4.C23H34O4.5CH4/c1-14(26)30-13-22(29)20-6-5-18-17-12-23(31-15(2)27)21-11-16(28)7-9-25(21,4)19(17)8-10-24(18,20)3;1-13(25)28-21-11-15-16-4-5-18(20(27)12-24)22(16,2)9-7-17(15)23(3)8-6-14(26)10-19(21)23;3*1-13(24)17-5-6-18-16-12-21(27-14(2)25)20-11-15(26)7-9-23(20,4)19(16)8-10-22(17,18)3;;;;;/h16-21,23,28H,5-13H2,1-4H3;14-19,21,26H,4-12H2,1-3H3;2*15-21,26H,5-12H2,1-4H3;16-21H,5-12H2,1-4H3;5*1H4/t16-,17+,18+,19+,20-,21-,23+,24+,25-;14-,15+,16+,17+,18-,19-,21+,22+,23-;15-,16+,17-,18+,19+,20-,21+,22-,23-;15-,16-,17+,18-,19-,20+,21-,22+,23+;16-,17+,18-,19-,20+,21-,22+,23+;;;;;/m11100...../s1. The van der Waals surface area contributed by atoms with E-state index in [2.05, 4.69) is 85.2 Å². The summed E-state index contributed by atoms with van der Waals surface area (Å²) in [6.45, 7) is 37.6. The maximum atomic E-state index is 12.9. The number of ether oxygens (including phenoxy) is 6. The second-order valence-electron chi connectivity index (χ2n) is 53.4. The van der Waals surface area contributed by atoms with Gasteiger partial charge in [-0.15, -0.1) is 0 Å². The monoisotopic (exact) mass is 2100 g/mol. The molecule has 0 aromatic heterocycles. The lowest BCUT2D eigenvalue weighted by molar-refractivity contribution is -0.192. The number of esters is 6. The molecule has 0 amide bonds. The minimum Gasteiger partial charge on any atom is -0.462 e. The SMILES string of the molecule is C.C.C.C.C.CC(=O)OCC(=O)[C@H]1CC[C@H]2[C@@H]3C[C@H](OC(C)=O)[C@H]4C[C@H](O)CC[C@]4(C)[C@H]3CC[C@]12C.CC(=O)O[C@H]1C[C@@H]2[C@H](CC[C@]3(C)[C@@H](C(=O)CBr)CC[C@@H]23)[C@@]2(C)CC[C@@H](O)C[C@H]12.CC(=O)O[C@H]1C[C@@H]2[C@H](CC[C@]3(C)[C@@H](C(C)=O)CC[C@@H]23)[C@@]2(C)CCC(=O)C[C@H]12.CC(=O)O[C@H]1C[C@@H]2[C@H](CC[C@]3(C)[C@@H](C(C)=O)CC[C@@H]23)[C@@]2(C)CC[C@@H](O)C[C@H]12.CC(=O)O[C@H]1C[C@@H]2[C@H](CC[C@]3(C)[C@@H](C(C)=O)CC[C@@H]23)[C@@]2(C)CC[C@H](O)C[C@H]12. The Bertz CT molecular complexity index is 4530. The van der Waals surface area contributed by atoms with Gasteiger partial charge in [0.1, 0.15) is 66.0 Å². The van der Waals surface area contributed by atoms with Gasteiger partial charge in [0.15, 0.2) is 5.78 Å². The van der Waals surface area contributed by atoms with E-state index < -0.39 is 5.97 Å². The molecule has 0 heterocycles. The van der Waals surface area contributed by atoms with E-state index in [1.807, 2.05) is 0 Å². The molecule has 44 atom stereocenters. The van der Waals surface area contributed by atoms with Crippen molar-refractivity contribution in [3.8, 4) is 0 Å². The molecule has 0 radical (unpaired) electrons. The Morgan fingerprint density at radius 3 is 0.690 bits per heavy atom. The van der Waals surface area contributed by atoms with Crippen molar-refractivity contribution in [2.75, 3.05) is 11.9 Å². The largest absolute Gasteiger partial charge is 0.462 e. The molecule has 0 spiro atoms. The molecule has 20 aliphatic carbocycles. The van der Waals surface area contributed by atoms with Gasteiger partial charge in [-0.05, 0) is 408 Å². The smallest absolute Gasteiger partial charge is 0.303 e. The number of Topliss-reactive ketones (excluding diaryl/α,β-unsaturated/α-hetero) is 6. The minimum absolute atomic E-state index is 0. The molecule has 20 aliphatic rings. The van der Waals surface area contributed by atoms with E-state index in [1.165, 1.54) is 60.8 Å². The van der Waals surface area contributed by atoms with Gasteiger partial charge in [-0.3, -0.25) is 57.5 Å². The predicted molar refractivity (Wildman–Crippen MR) is 566 cm³/mol. The summed E-state index contributed by atoms with van der Waals surface area (Å²) in [5.74, 6) is 10.3. The zero-order chi connectivity index (χ0) is 101. The Hall–Kier alpha value is -4.84. The maximum absolute atomic E-state index is 12.9. The number of aliphatic hydroxyl groups excluding tert-OH is 4. The molecule has 145 heavy (non-hydrogen) atoms. The average molecular weight is 2100 g/mol. The summed E-state index contributed by atoms with van der Waals surface area (Å²) in [6.07, 6.45) is 37.1. The molecule has 0 unspecified atom stereocenters. The summed E-state index contributed by atoms with van der Waals surface area (Å²) < 4.78 is 34.3. The van der Waals surface area contributed by atoms with Gasteiger partial charge in [0.2, 0.25) is 0 Å². The third-order valence-electron chi connectivity index (χ3n) is 47.4. The summed E-state index contributed by atoms with van der Waals surface area (Å²) >= 11 is 3.40. The molecule has 0 saturated heterocycles. The molecular weight excluding hydrogens is 1900 g/mol. The number of rotatable bonds is 13. The number of carbonyl (C=O) groups is 12. The predicted octanol–water partition coefficient (Wildman–Crippen LogP) is 24.0. The Morgan fingerprint density at radius 1 is 0.255 bits per heavy atom. The van der Waals surface area contributed by atoms with E-state index in [9.17, 15) is 78.0 Å². The van der Waals surface area contributed by atoms with Crippen molar-refractivity contribution in [3.63, 3.8) is 0 Å². The van der Waals surface area contributed by atoms with Gasteiger partial charge in [-0.2, -0.15) is 0 Å². The Labute approximate surface area is 881 Å². The topological polar surface area (TPSA) is 341 Å². The van der Waals surface area contributed by atoms with Crippen LogP contribution in [0.15, 0.2) is 0 Å². The van der Waals surface area contributed by atoms with Crippen LogP contribution in [0.3, 0.4) is 0 Å². The first-order chi connectivity index (χ1) is 65.8. The highest BCUT2D eigenvalue weighted by Crippen LogP contribution is 2.75. The van der Waals surface area contributed by atoms with Crippen molar-refractivity contribution < 1.29 is 106 Å². The summed E-state index contributed by atoms with van der Waals surface area (Å²) in [6, 6.07) is 0. The lowest BCUT2D eigenvalue weighted by Gasteiger charge is -2.62. The maximum Gasteiger partial charge on any atom is 0.303 e. The quantitative estimate of drug-likeness (QED) is 0.0756. The molecule has 0 aromatic carbocycles. The highest BCUT2D eigenvalue weighted by molar-refractivity contribution is 9.09. The number of ketones is 6. The van der Waals surface area contributed by atoms with Crippen LogP contribution >= 0.6 is 15.9 Å². The zero-order valence-electron chi connectivity index (χ0n) is 88.8. The third-order valence-corrected chi connectivity index (χ3v) is 47.9. The Morgan fingerprint density at radius 2 is 0.462 bits per heavy atom. The number of fused-ring (bicyclic) bond motifs is 25. The fraction of sp³-hybridized carbons (Fsp3) is 0.902. The number of hydrogen-bond acceptors (Lipinski definition) is 22. The van der Waals surface area contributed by atoms with Crippen molar-refractivity contribution in [1.82, 2.24) is 0 Å². The number of carbonyl (C=O) groups excluding carboxylic acids is 12. The van der Waals surface area contributed by atoms with Crippen LogP contribution in [0, 0.1) is 202 Å². The van der Waals surface area contributed by atoms with Crippen LogP contribution in [-0.4, -0.2) is 158 Å². The second-order valence-corrected chi connectivity index (χ2v) is 53.9. The van der Waals surface area contributed by atoms with Gasteiger partial charge >= 0.3 is 35.8 Å². The van der Waals surface area contributed by atoms with Gasteiger partial charge < -0.3 is 48.8 Å². The molecule has 20 rings (SSSR count). The molecule has 826 valence electrons. The van der Waals surface area contributed by atoms with Gasteiger partial charge in [-0.25, -0.2) is 0 Å². The van der Waals surface area contributed by atoms with Crippen molar-refractivity contribution in [2.24, 2.45) is 202 Å². The fourth-order valence-electron chi connectivity index (χ4n) is 41.2. The number of alkyl halides is 1. The molecule has 20 saturated carbocycles. The van der Waals surface area contributed by atoms with E-state index >= 15 is 0 Å². The van der Waals surface area contributed by atoms with Crippen LogP contribution in [-0.2, 0) is 86.0 Å². The highest BCUT2D eigenvalue weighted by Gasteiger charge is 2.71. The van der Waals surface area contributed by atoms with Crippen LogP contribution < -0.4 is 0 Å². The summed E-state index contributed by atoms with van der Waals surface area (Å²) in [4.78, 5) is 145. The molecule has 23 heteroatoms. The van der Waals surface area contributed by atoms with Crippen molar-refractivity contribution in [3.05, 3.63) is 0 Å². The van der Waals surface area contributed by atoms with Crippen LogP contribution in [0.25, 0.3) is 0 Å². The average Bonchev–Trinajstić information content (AvgIpc) is 1.68. The first-order valence-electron chi connectivity index (χ1n) is 56.1. The van der Waals surface area contributed by atoms with Gasteiger partial charge in [0.05, 0.1) is 29.7 Å². The number of halogens is 1. The molecule has 20 fully saturated rings. The number of hydrogen-bond donors (Lipinski definition) is 4. The zero-order valence-corrected chi connectivity index (χ0v) is 90.4. The Balaban J connectivity index is 0.000000171. The van der Waals surface area contributed by atoms with E-state index in [-0.39, 0.29) is 248 Å². The Kier molecular flexibility index (Phi) is 37.9. The molecule has 0 aromatic rings. The summed E-state index contributed by atoms with van der Waals surface area (Å²) in [5, 5.41) is 41.8. The molecule has 0 bridgehead atoms. The highest BCUT2D eigenvalue weighted by atomic mass is 79.9. The van der Waals surface area contributed by atoms with E-state index in [1.54, 1.807) is 20.8 Å². The fourth-order valence-corrected chi connectivity index (χ4v) is 41.6. The first kappa shape index (κ1) is 120. The molecular formula is C122H199BrO22. The van der Waals surface area contributed by atoms with Crippen molar-refractivity contribution >= 4 is 86.4 Å². The first-order valence-corrected chi connectivity index (χ1v) is 57.2. The van der Waals surface area contributed by atoms with Crippen LogP contribution in [0.4, 0.5) is 0 Å². The lowest BCUT2D eigenvalue weighted by atomic mass is 9.44. The van der Waals surface area contributed by atoms with Crippen LogP contribution in [0.1, 0.15) is 426 Å². The molecule has 22 nitrogen and oxygen atoms in total. The second kappa shape index (κ2) is 45.7. The number of aliphatic hydroxyl groups is 4. The minimum atomic E-state index is -0.410.